The fourth-order valence-electron chi connectivity index (χ4n) is 4.40. The van der Waals surface area contributed by atoms with Crippen molar-refractivity contribution in [2.24, 2.45) is 0 Å². The molecule has 184 valence electrons. The number of halogens is 1. The Bertz CT molecular complexity index is 1430. The van der Waals surface area contributed by atoms with Gasteiger partial charge in [-0.1, -0.05) is 114 Å². The number of thiazole rings is 1. The summed E-state index contributed by atoms with van der Waals surface area (Å²) in [5.74, 6) is -0.178. The minimum atomic E-state index is -0.766. The molecule has 0 aliphatic rings. The van der Waals surface area contributed by atoms with Crippen molar-refractivity contribution in [1.29, 1.82) is 0 Å². The van der Waals surface area contributed by atoms with E-state index in [2.05, 4.69) is 62.2 Å². The normalized spacial score (nSPS) is 11.2. The summed E-state index contributed by atoms with van der Waals surface area (Å²) in [5, 5.41) is 15.9. The molecule has 8 heteroatoms. The van der Waals surface area contributed by atoms with Crippen LogP contribution in [0.1, 0.15) is 29.3 Å². The maximum absolute atomic E-state index is 11.5. The Labute approximate surface area is 224 Å². The topological polar surface area (TPSA) is 79.8 Å². The Balaban J connectivity index is 1.69. The molecule has 0 unspecified atom stereocenters. The summed E-state index contributed by atoms with van der Waals surface area (Å²) in [6.45, 7) is 3.33. The number of hydrogen-bond donors (Lipinski definition) is 2. The first-order valence-electron chi connectivity index (χ1n) is 11.7. The van der Waals surface area contributed by atoms with E-state index in [0.29, 0.717) is 16.5 Å². The van der Waals surface area contributed by atoms with Crippen LogP contribution in [0.4, 0.5) is 10.8 Å². The molecule has 1 amide bonds. The van der Waals surface area contributed by atoms with Gasteiger partial charge in [-0.2, -0.15) is 0 Å². The number of amides is 1. The zero-order valence-corrected chi connectivity index (χ0v) is 21.8. The quantitative estimate of drug-likeness (QED) is 0.225. The molecule has 5 aromatic rings. The van der Waals surface area contributed by atoms with E-state index in [0.717, 1.165) is 27.3 Å². The fourth-order valence-corrected chi connectivity index (χ4v) is 5.50. The molecule has 0 bridgehead atoms. The molecule has 2 heterocycles. The summed E-state index contributed by atoms with van der Waals surface area (Å²) in [4.78, 5) is 16.8. The molecule has 3 aromatic carbocycles. The second-order valence-electron chi connectivity index (χ2n) is 8.52. The van der Waals surface area contributed by atoms with Crippen LogP contribution in [0.2, 0.25) is 5.15 Å². The Hall–Kier alpha value is -4.07. The number of carbonyl (C=O) groups excluding carboxylic acids is 1. The standard InChI is InChI=1S/C29H24ClN5OS/c1-19-26(37-28(31-19)32-20(2)36)24-18-25(27(30)35-34-24)33-29(21-12-6-3-7-13-21,22-14-8-4-9-15-22)23-16-10-5-11-17-23/h3-18H,1-2H3,(H,33,34)(H,31,32,36). The molecule has 2 N–H and O–H groups in total. The number of nitrogens with zero attached hydrogens (tertiary/aromatic N) is 3. The molecule has 0 radical (unpaired) electrons. The highest BCUT2D eigenvalue weighted by atomic mass is 35.5. The van der Waals surface area contributed by atoms with Crippen molar-refractivity contribution in [3.05, 3.63) is 125 Å². The average Bonchev–Trinajstić information content (AvgIpc) is 3.28. The first kappa shape index (κ1) is 24.6. The minimum absolute atomic E-state index is 0.178. The molecule has 0 atom stereocenters. The van der Waals surface area contributed by atoms with Gasteiger partial charge in [0.15, 0.2) is 10.3 Å². The maximum atomic E-state index is 11.5. The highest BCUT2D eigenvalue weighted by molar-refractivity contribution is 7.19. The Morgan fingerprint density at radius 3 is 1.84 bits per heavy atom. The molecule has 0 saturated carbocycles. The Morgan fingerprint density at radius 2 is 1.35 bits per heavy atom. The fraction of sp³-hybridized carbons (Fsp3) is 0.103. The average molecular weight is 526 g/mol. The molecule has 37 heavy (non-hydrogen) atoms. The van der Waals surface area contributed by atoms with Crippen LogP contribution in [0.5, 0.6) is 0 Å². The van der Waals surface area contributed by atoms with E-state index in [-0.39, 0.29) is 11.1 Å². The van der Waals surface area contributed by atoms with Gasteiger partial charge in [0.05, 0.1) is 16.3 Å². The molecule has 0 aliphatic carbocycles. The number of anilines is 2. The van der Waals surface area contributed by atoms with Crippen LogP contribution in [0.15, 0.2) is 97.1 Å². The monoisotopic (exact) mass is 525 g/mol. The van der Waals surface area contributed by atoms with Crippen molar-refractivity contribution < 1.29 is 4.79 Å². The number of rotatable bonds is 7. The van der Waals surface area contributed by atoms with Gasteiger partial charge in [0.1, 0.15) is 11.2 Å². The predicted octanol–water partition coefficient (Wildman–Crippen LogP) is 6.92. The Kier molecular flexibility index (Phi) is 6.99. The van der Waals surface area contributed by atoms with Crippen molar-refractivity contribution in [2.45, 2.75) is 19.4 Å². The van der Waals surface area contributed by atoms with Crippen molar-refractivity contribution in [2.75, 3.05) is 10.6 Å². The zero-order valence-electron chi connectivity index (χ0n) is 20.3. The first-order valence-corrected chi connectivity index (χ1v) is 12.9. The number of benzene rings is 3. The van der Waals surface area contributed by atoms with E-state index in [4.69, 9.17) is 11.6 Å². The zero-order chi connectivity index (χ0) is 25.8. The summed E-state index contributed by atoms with van der Waals surface area (Å²) in [5.41, 5.74) is 4.35. The number of aryl methyl sites for hydroxylation is 1. The van der Waals surface area contributed by atoms with Crippen molar-refractivity contribution in [1.82, 2.24) is 15.2 Å². The molecular weight excluding hydrogens is 502 g/mol. The molecule has 2 aromatic heterocycles. The largest absolute Gasteiger partial charge is 0.365 e. The second kappa shape index (κ2) is 10.5. The number of nitrogens with one attached hydrogen (secondary N) is 2. The maximum Gasteiger partial charge on any atom is 0.223 e. The van der Waals surface area contributed by atoms with Gasteiger partial charge in [-0.25, -0.2) is 4.98 Å². The number of carbonyl (C=O) groups is 1. The van der Waals surface area contributed by atoms with E-state index >= 15 is 0 Å². The van der Waals surface area contributed by atoms with Crippen molar-refractivity contribution in [3.8, 4) is 10.6 Å². The third-order valence-electron chi connectivity index (χ3n) is 6.00. The van der Waals surface area contributed by atoms with Gasteiger partial charge in [-0.15, -0.1) is 10.2 Å². The lowest BCUT2D eigenvalue weighted by Gasteiger charge is -2.38. The minimum Gasteiger partial charge on any atom is -0.365 e. The molecular formula is C29H24ClN5OS. The highest BCUT2D eigenvalue weighted by Crippen LogP contribution is 2.42. The highest BCUT2D eigenvalue weighted by Gasteiger charge is 2.37. The predicted molar refractivity (Wildman–Crippen MR) is 150 cm³/mol. The van der Waals surface area contributed by atoms with Crippen molar-refractivity contribution >= 4 is 39.7 Å². The molecule has 5 rings (SSSR count). The summed E-state index contributed by atoms with van der Waals surface area (Å²) in [6.07, 6.45) is 0. The molecule has 0 saturated heterocycles. The molecule has 0 fully saturated rings. The van der Waals surface area contributed by atoms with E-state index in [1.807, 2.05) is 67.6 Å². The summed E-state index contributed by atoms with van der Waals surface area (Å²) in [7, 11) is 0. The van der Waals surface area contributed by atoms with E-state index in [1.54, 1.807) is 0 Å². The summed E-state index contributed by atoms with van der Waals surface area (Å²) < 4.78 is 0. The van der Waals surface area contributed by atoms with Gasteiger partial charge in [0.25, 0.3) is 0 Å². The lowest BCUT2D eigenvalue weighted by molar-refractivity contribution is -0.114. The van der Waals surface area contributed by atoms with Crippen LogP contribution in [0, 0.1) is 6.92 Å². The second-order valence-corrected chi connectivity index (χ2v) is 9.88. The SMILES string of the molecule is CC(=O)Nc1nc(C)c(-c2cc(NC(c3ccccc3)(c3ccccc3)c3ccccc3)c(Cl)nn2)s1. The van der Waals surface area contributed by atoms with Gasteiger partial charge in [0.2, 0.25) is 5.91 Å². The van der Waals surface area contributed by atoms with Gasteiger partial charge < -0.3 is 10.6 Å². The third-order valence-corrected chi connectivity index (χ3v) is 7.38. The van der Waals surface area contributed by atoms with Crippen LogP contribution in [0.3, 0.4) is 0 Å². The van der Waals surface area contributed by atoms with Crippen LogP contribution < -0.4 is 10.6 Å². The van der Waals surface area contributed by atoms with E-state index < -0.39 is 5.54 Å². The van der Waals surface area contributed by atoms with Crippen LogP contribution in [-0.4, -0.2) is 21.1 Å². The first-order chi connectivity index (χ1) is 18.0. The lowest BCUT2D eigenvalue weighted by atomic mass is 9.77. The van der Waals surface area contributed by atoms with Gasteiger partial charge >= 0.3 is 0 Å². The van der Waals surface area contributed by atoms with Gasteiger partial charge in [-0.3, -0.25) is 4.79 Å². The van der Waals surface area contributed by atoms with Crippen molar-refractivity contribution in [3.63, 3.8) is 0 Å². The van der Waals surface area contributed by atoms with E-state index in [9.17, 15) is 4.79 Å². The smallest absolute Gasteiger partial charge is 0.223 e. The molecule has 0 spiro atoms. The van der Waals surface area contributed by atoms with Crippen LogP contribution in [-0.2, 0) is 10.3 Å². The molecule has 0 aliphatic heterocycles. The van der Waals surface area contributed by atoms with E-state index in [1.165, 1.54) is 18.3 Å². The lowest BCUT2D eigenvalue weighted by Crippen LogP contribution is -2.38. The summed E-state index contributed by atoms with van der Waals surface area (Å²) in [6, 6.07) is 32.7. The number of hydrogen-bond acceptors (Lipinski definition) is 6. The number of aromatic nitrogens is 3. The van der Waals surface area contributed by atoms with Gasteiger partial charge in [0, 0.05) is 6.92 Å². The molecule has 6 nitrogen and oxygen atoms in total. The third kappa shape index (κ3) is 4.96. The van der Waals surface area contributed by atoms with Crippen LogP contribution in [0.25, 0.3) is 10.6 Å². The van der Waals surface area contributed by atoms with Gasteiger partial charge in [-0.05, 0) is 29.7 Å². The summed E-state index contributed by atoms with van der Waals surface area (Å²) >= 11 is 8.01. The van der Waals surface area contributed by atoms with Crippen LogP contribution >= 0.6 is 22.9 Å². The Morgan fingerprint density at radius 1 is 0.838 bits per heavy atom.